The molecule has 2 nitrogen and oxygen atoms in total. The molecule has 0 radical (unpaired) electrons. The van der Waals surface area contributed by atoms with Gasteiger partial charge in [-0.05, 0) is 24.8 Å². The number of benzene rings is 1. The molecule has 0 aromatic heterocycles. The molecule has 1 heterocycles. The van der Waals surface area contributed by atoms with Crippen molar-refractivity contribution in [1.29, 1.82) is 0 Å². The molecule has 1 fully saturated rings. The third-order valence-corrected chi connectivity index (χ3v) is 3.58. The third-order valence-electron chi connectivity index (χ3n) is 3.58. The normalized spacial score (nSPS) is 32.8. The fourth-order valence-electron chi connectivity index (χ4n) is 2.58. The van der Waals surface area contributed by atoms with E-state index in [2.05, 4.69) is 36.4 Å². The van der Waals surface area contributed by atoms with Crippen LogP contribution in [0.1, 0.15) is 30.9 Å². The minimum absolute atomic E-state index is 0.00911. The Labute approximate surface area is 102 Å². The van der Waals surface area contributed by atoms with E-state index in [9.17, 15) is 0 Å². The second kappa shape index (κ2) is 5.03. The molecular weight excluding hydrogens is 212 g/mol. The zero-order chi connectivity index (χ0) is 11.5. The highest BCUT2D eigenvalue weighted by Crippen LogP contribution is 2.34. The molecule has 0 N–H and O–H groups in total. The van der Waals surface area contributed by atoms with Crippen molar-refractivity contribution >= 4 is 0 Å². The van der Waals surface area contributed by atoms with Crippen LogP contribution in [0.25, 0.3) is 0 Å². The van der Waals surface area contributed by atoms with Gasteiger partial charge in [0.1, 0.15) is 6.10 Å². The van der Waals surface area contributed by atoms with Gasteiger partial charge in [0, 0.05) is 5.92 Å². The van der Waals surface area contributed by atoms with Gasteiger partial charge in [-0.2, -0.15) is 0 Å². The van der Waals surface area contributed by atoms with Crippen LogP contribution in [0.15, 0.2) is 42.5 Å². The lowest BCUT2D eigenvalue weighted by Gasteiger charge is -2.23. The number of hydrogen-bond acceptors (Lipinski definition) is 2. The van der Waals surface area contributed by atoms with Gasteiger partial charge in [0.15, 0.2) is 6.29 Å². The minimum atomic E-state index is -0.00911. The van der Waals surface area contributed by atoms with E-state index >= 15 is 0 Å². The molecule has 1 aliphatic carbocycles. The molecule has 1 saturated heterocycles. The summed E-state index contributed by atoms with van der Waals surface area (Å²) in [6.45, 7) is 0.689. The maximum atomic E-state index is 6.03. The number of hydrogen-bond donors (Lipinski definition) is 0. The highest BCUT2D eigenvalue weighted by Gasteiger charge is 2.32. The van der Waals surface area contributed by atoms with Crippen LogP contribution in [-0.4, -0.2) is 12.9 Å². The maximum absolute atomic E-state index is 6.03. The molecular formula is C15H18O2. The lowest BCUT2D eigenvalue weighted by molar-refractivity contribution is -0.0988. The second-order valence-electron chi connectivity index (χ2n) is 4.78. The summed E-state index contributed by atoms with van der Waals surface area (Å²) in [6, 6.07) is 10.3. The highest BCUT2D eigenvalue weighted by molar-refractivity contribution is 5.18. The van der Waals surface area contributed by atoms with E-state index < -0.39 is 0 Å². The Morgan fingerprint density at radius 3 is 2.71 bits per heavy atom. The molecule has 0 spiro atoms. The molecule has 2 aliphatic rings. The molecule has 3 atom stereocenters. The summed E-state index contributed by atoms with van der Waals surface area (Å²) < 4.78 is 11.8. The monoisotopic (exact) mass is 230 g/mol. The quantitative estimate of drug-likeness (QED) is 0.724. The molecule has 0 bridgehead atoms. The smallest absolute Gasteiger partial charge is 0.161 e. The molecule has 0 unspecified atom stereocenters. The summed E-state index contributed by atoms with van der Waals surface area (Å²) in [5, 5.41) is 0. The largest absolute Gasteiger partial charge is 0.349 e. The van der Waals surface area contributed by atoms with Crippen molar-refractivity contribution < 1.29 is 9.47 Å². The summed E-state index contributed by atoms with van der Waals surface area (Å²) >= 11 is 0. The number of allylic oxidation sites excluding steroid dienone is 2. The van der Waals surface area contributed by atoms with Crippen LogP contribution < -0.4 is 0 Å². The molecule has 0 amide bonds. The Bertz CT molecular complexity index is 385. The van der Waals surface area contributed by atoms with Crippen LogP contribution in [0.5, 0.6) is 0 Å². The first-order valence-corrected chi connectivity index (χ1v) is 6.40. The van der Waals surface area contributed by atoms with Gasteiger partial charge in [-0.15, -0.1) is 0 Å². The van der Waals surface area contributed by atoms with Gasteiger partial charge >= 0.3 is 0 Å². The van der Waals surface area contributed by atoms with E-state index in [0.29, 0.717) is 12.5 Å². The zero-order valence-electron chi connectivity index (χ0n) is 9.92. The summed E-state index contributed by atoms with van der Waals surface area (Å²) in [5.74, 6) is 0.536. The van der Waals surface area contributed by atoms with Gasteiger partial charge in [0.25, 0.3) is 0 Å². The van der Waals surface area contributed by atoms with E-state index in [4.69, 9.17) is 9.47 Å². The van der Waals surface area contributed by atoms with E-state index in [0.717, 1.165) is 12.8 Å². The van der Waals surface area contributed by atoms with Crippen LogP contribution in [0.3, 0.4) is 0 Å². The first kappa shape index (κ1) is 11.0. The standard InChI is InChI=1S/C15H18O2/c1-3-7-12(8-4-1)14-11-16-15(17-14)13-9-5-2-6-10-13/h1-5,7-8,13-15H,6,9-11H2/t13-,14-,15+/m0/s1. The van der Waals surface area contributed by atoms with Crippen LogP contribution >= 0.6 is 0 Å². The fourth-order valence-corrected chi connectivity index (χ4v) is 2.58. The molecule has 90 valence electrons. The van der Waals surface area contributed by atoms with E-state index in [-0.39, 0.29) is 12.4 Å². The first-order valence-electron chi connectivity index (χ1n) is 6.40. The van der Waals surface area contributed by atoms with Crippen molar-refractivity contribution in [2.24, 2.45) is 5.92 Å². The van der Waals surface area contributed by atoms with Crippen molar-refractivity contribution in [1.82, 2.24) is 0 Å². The molecule has 0 saturated carbocycles. The molecule has 1 aliphatic heterocycles. The molecule has 1 aromatic rings. The van der Waals surface area contributed by atoms with Gasteiger partial charge in [0.05, 0.1) is 6.61 Å². The SMILES string of the molecule is C1=CC[C@H]([C@@H]2OC[C@@H](c3ccccc3)O2)CC1. The minimum Gasteiger partial charge on any atom is -0.349 e. The van der Waals surface area contributed by atoms with Crippen molar-refractivity contribution in [2.45, 2.75) is 31.7 Å². The van der Waals surface area contributed by atoms with Gasteiger partial charge < -0.3 is 9.47 Å². The van der Waals surface area contributed by atoms with E-state index in [1.54, 1.807) is 0 Å². The predicted molar refractivity (Wildman–Crippen MR) is 66.5 cm³/mol. The Hall–Kier alpha value is -1.12. The van der Waals surface area contributed by atoms with Crippen molar-refractivity contribution in [2.75, 3.05) is 6.61 Å². The maximum Gasteiger partial charge on any atom is 0.161 e. The van der Waals surface area contributed by atoms with Crippen LogP contribution in [0.4, 0.5) is 0 Å². The summed E-state index contributed by atoms with van der Waals surface area (Å²) in [5.41, 5.74) is 1.22. The van der Waals surface area contributed by atoms with Crippen molar-refractivity contribution in [3.63, 3.8) is 0 Å². The van der Waals surface area contributed by atoms with Crippen LogP contribution in [0.2, 0.25) is 0 Å². The summed E-state index contributed by atoms with van der Waals surface area (Å²) in [7, 11) is 0. The van der Waals surface area contributed by atoms with Crippen molar-refractivity contribution in [3.05, 3.63) is 48.0 Å². The number of ether oxygens (including phenoxy) is 2. The predicted octanol–water partition coefficient (Wildman–Crippen LogP) is 3.46. The summed E-state index contributed by atoms with van der Waals surface area (Å²) in [6.07, 6.45) is 8.03. The van der Waals surface area contributed by atoms with Gasteiger partial charge in [-0.25, -0.2) is 0 Å². The average Bonchev–Trinajstić information content (AvgIpc) is 2.90. The van der Waals surface area contributed by atoms with Gasteiger partial charge in [-0.3, -0.25) is 0 Å². The molecule has 3 rings (SSSR count). The van der Waals surface area contributed by atoms with Crippen LogP contribution in [0, 0.1) is 5.92 Å². The first-order chi connectivity index (χ1) is 8.43. The lowest BCUT2D eigenvalue weighted by atomic mass is 9.94. The second-order valence-corrected chi connectivity index (χ2v) is 4.78. The van der Waals surface area contributed by atoms with Crippen molar-refractivity contribution in [3.8, 4) is 0 Å². The fraction of sp³-hybridized carbons (Fsp3) is 0.467. The Morgan fingerprint density at radius 2 is 1.94 bits per heavy atom. The van der Waals surface area contributed by atoms with Gasteiger partial charge in [0.2, 0.25) is 0 Å². The average molecular weight is 230 g/mol. The van der Waals surface area contributed by atoms with Gasteiger partial charge in [-0.1, -0.05) is 42.5 Å². The van der Waals surface area contributed by atoms with Crippen LogP contribution in [-0.2, 0) is 9.47 Å². The third kappa shape index (κ3) is 2.43. The Balaban J connectivity index is 1.64. The van der Waals surface area contributed by atoms with E-state index in [1.807, 2.05) is 6.07 Å². The molecule has 1 aromatic carbocycles. The Kier molecular flexibility index (Phi) is 3.25. The van der Waals surface area contributed by atoms with E-state index in [1.165, 1.54) is 12.0 Å². The topological polar surface area (TPSA) is 18.5 Å². The number of rotatable bonds is 2. The highest BCUT2D eigenvalue weighted by atomic mass is 16.7. The lowest BCUT2D eigenvalue weighted by Crippen LogP contribution is -2.22. The zero-order valence-corrected chi connectivity index (χ0v) is 9.92. The Morgan fingerprint density at radius 1 is 1.06 bits per heavy atom. The molecule has 17 heavy (non-hydrogen) atoms. The summed E-state index contributed by atoms with van der Waals surface area (Å²) in [4.78, 5) is 0. The molecule has 2 heteroatoms.